The van der Waals surface area contributed by atoms with Crippen LogP contribution in [-0.4, -0.2) is 41.3 Å². The van der Waals surface area contributed by atoms with Crippen LogP contribution < -0.4 is 5.32 Å². The number of hydrogen-bond donors (Lipinski definition) is 1. The van der Waals surface area contributed by atoms with Gasteiger partial charge in [0.05, 0.1) is 0 Å². The monoisotopic (exact) mass is 278 g/mol. The van der Waals surface area contributed by atoms with Crippen molar-refractivity contribution >= 4 is 23.6 Å². The highest BCUT2D eigenvalue weighted by atomic mass is 32.2. The second-order valence-corrected chi connectivity index (χ2v) is 5.74. The zero-order chi connectivity index (χ0) is 13.7. The topological polar surface area (TPSA) is 49.4 Å². The maximum Gasteiger partial charge on any atom is 0.253 e. The van der Waals surface area contributed by atoms with E-state index in [0.717, 1.165) is 30.2 Å². The molecular weight excluding hydrogens is 260 g/mol. The first kappa shape index (κ1) is 13.9. The summed E-state index contributed by atoms with van der Waals surface area (Å²) in [7, 11) is 0. The molecule has 0 bridgehead atoms. The normalized spacial score (nSPS) is 15.1. The predicted octanol–water partition coefficient (Wildman–Crippen LogP) is 1.51. The van der Waals surface area contributed by atoms with E-state index in [-0.39, 0.29) is 11.8 Å². The summed E-state index contributed by atoms with van der Waals surface area (Å²) < 4.78 is 0. The summed E-state index contributed by atoms with van der Waals surface area (Å²) in [4.78, 5) is 25.1. The fourth-order valence-corrected chi connectivity index (χ4v) is 2.89. The molecule has 0 aromatic heterocycles. The van der Waals surface area contributed by atoms with Crippen molar-refractivity contribution < 1.29 is 9.59 Å². The number of amides is 2. The van der Waals surface area contributed by atoms with Crippen molar-refractivity contribution in [3.63, 3.8) is 0 Å². The number of nitrogens with zero attached hydrogens (tertiary/aromatic N) is 1. The van der Waals surface area contributed by atoms with Crippen molar-refractivity contribution in [3.8, 4) is 0 Å². The molecule has 1 saturated heterocycles. The van der Waals surface area contributed by atoms with Crippen LogP contribution in [0.2, 0.25) is 0 Å². The molecule has 2 amide bonds. The molecule has 0 atom stereocenters. The SMILES string of the molecule is CC(=O)NCc1cccc(C(=O)N2CCSCC2)c1. The highest BCUT2D eigenvalue weighted by molar-refractivity contribution is 7.99. The number of rotatable bonds is 3. The van der Waals surface area contributed by atoms with E-state index in [1.165, 1.54) is 6.92 Å². The Balaban J connectivity index is 2.04. The highest BCUT2D eigenvalue weighted by Crippen LogP contribution is 2.14. The molecule has 1 N–H and O–H groups in total. The zero-order valence-corrected chi connectivity index (χ0v) is 11.8. The van der Waals surface area contributed by atoms with Gasteiger partial charge in [-0.05, 0) is 17.7 Å². The van der Waals surface area contributed by atoms with Gasteiger partial charge >= 0.3 is 0 Å². The second kappa shape index (κ2) is 6.61. The minimum Gasteiger partial charge on any atom is -0.352 e. The molecule has 0 radical (unpaired) electrons. The number of thioether (sulfide) groups is 1. The largest absolute Gasteiger partial charge is 0.352 e. The maximum atomic E-state index is 12.3. The molecule has 1 aromatic carbocycles. The van der Waals surface area contributed by atoms with Gasteiger partial charge in [0.2, 0.25) is 5.91 Å². The molecule has 0 saturated carbocycles. The van der Waals surface area contributed by atoms with Gasteiger partial charge in [0, 0.05) is 43.6 Å². The number of carbonyl (C=O) groups excluding carboxylic acids is 2. The molecule has 1 aromatic rings. The summed E-state index contributed by atoms with van der Waals surface area (Å²) in [5.41, 5.74) is 1.65. The lowest BCUT2D eigenvalue weighted by atomic mass is 10.1. The van der Waals surface area contributed by atoms with Gasteiger partial charge in [-0.15, -0.1) is 0 Å². The van der Waals surface area contributed by atoms with Gasteiger partial charge in [-0.2, -0.15) is 11.8 Å². The number of hydrogen-bond acceptors (Lipinski definition) is 3. The lowest BCUT2D eigenvalue weighted by molar-refractivity contribution is -0.119. The summed E-state index contributed by atoms with van der Waals surface area (Å²) in [6, 6.07) is 7.48. The van der Waals surface area contributed by atoms with Crippen LogP contribution >= 0.6 is 11.8 Å². The zero-order valence-electron chi connectivity index (χ0n) is 11.0. The van der Waals surface area contributed by atoms with Crippen molar-refractivity contribution in [2.45, 2.75) is 13.5 Å². The average Bonchev–Trinajstić information content (AvgIpc) is 2.45. The third-order valence-electron chi connectivity index (χ3n) is 3.01. The summed E-state index contributed by atoms with van der Waals surface area (Å²) in [5.74, 6) is 2.05. The molecule has 0 unspecified atom stereocenters. The van der Waals surface area contributed by atoms with Crippen LogP contribution in [0.3, 0.4) is 0 Å². The molecule has 1 aliphatic rings. The summed E-state index contributed by atoms with van der Waals surface area (Å²) in [6.07, 6.45) is 0. The molecule has 0 spiro atoms. The minimum absolute atomic E-state index is 0.0650. The molecule has 4 nitrogen and oxygen atoms in total. The van der Waals surface area contributed by atoms with E-state index in [9.17, 15) is 9.59 Å². The van der Waals surface area contributed by atoms with E-state index in [4.69, 9.17) is 0 Å². The van der Waals surface area contributed by atoms with Gasteiger partial charge in [0.15, 0.2) is 0 Å². The standard InChI is InChI=1S/C14H18N2O2S/c1-11(17)15-10-12-3-2-4-13(9-12)14(18)16-5-7-19-8-6-16/h2-4,9H,5-8,10H2,1H3,(H,15,17). The Bertz CT molecular complexity index is 470. The van der Waals surface area contributed by atoms with Crippen LogP contribution in [-0.2, 0) is 11.3 Å². The number of benzene rings is 1. The maximum absolute atomic E-state index is 12.3. The van der Waals surface area contributed by atoms with Crippen molar-refractivity contribution in [3.05, 3.63) is 35.4 Å². The van der Waals surface area contributed by atoms with Gasteiger partial charge in [-0.3, -0.25) is 9.59 Å². The lowest BCUT2D eigenvalue weighted by Gasteiger charge is -2.26. The van der Waals surface area contributed by atoms with Crippen LogP contribution in [0.15, 0.2) is 24.3 Å². The molecule has 1 aliphatic heterocycles. The van der Waals surface area contributed by atoms with E-state index >= 15 is 0 Å². The summed E-state index contributed by atoms with van der Waals surface area (Å²) >= 11 is 1.88. The summed E-state index contributed by atoms with van der Waals surface area (Å²) in [6.45, 7) is 3.59. The van der Waals surface area contributed by atoms with Crippen molar-refractivity contribution in [2.75, 3.05) is 24.6 Å². The quantitative estimate of drug-likeness (QED) is 0.912. The third kappa shape index (κ3) is 3.99. The highest BCUT2D eigenvalue weighted by Gasteiger charge is 2.18. The van der Waals surface area contributed by atoms with Crippen LogP contribution in [0.1, 0.15) is 22.8 Å². The van der Waals surface area contributed by atoms with Gasteiger partial charge in [-0.25, -0.2) is 0 Å². The van der Waals surface area contributed by atoms with Crippen LogP contribution in [0.4, 0.5) is 0 Å². The van der Waals surface area contributed by atoms with Gasteiger partial charge in [-0.1, -0.05) is 12.1 Å². The Morgan fingerprint density at radius 1 is 1.32 bits per heavy atom. The molecule has 1 heterocycles. The molecular formula is C14H18N2O2S. The fraction of sp³-hybridized carbons (Fsp3) is 0.429. The minimum atomic E-state index is -0.0650. The van der Waals surface area contributed by atoms with E-state index in [2.05, 4.69) is 5.32 Å². The van der Waals surface area contributed by atoms with Crippen LogP contribution in [0, 0.1) is 0 Å². The predicted molar refractivity (Wildman–Crippen MR) is 77.2 cm³/mol. The van der Waals surface area contributed by atoms with E-state index in [0.29, 0.717) is 12.1 Å². The van der Waals surface area contributed by atoms with Gasteiger partial charge in [0.1, 0.15) is 0 Å². The molecule has 1 fully saturated rings. The second-order valence-electron chi connectivity index (χ2n) is 4.51. The van der Waals surface area contributed by atoms with Crippen LogP contribution in [0.5, 0.6) is 0 Å². The lowest BCUT2D eigenvalue weighted by Crippen LogP contribution is -2.37. The van der Waals surface area contributed by atoms with E-state index in [1.54, 1.807) is 0 Å². The van der Waals surface area contributed by atoms with E-state index in [1.807, 2.05) is 40.9 Å². The molecule has 2 rings (SSSR count). The Hall–Kier alpha value is -1.49. The van der Waals surface area contributed by atoms with Gasteiger partial charge in [0.25, 0.3) is 5.91 Å². The van der Waals surface area contributed by atoms with E-state index < -0.39 is 0 Å². The fourth-order valence-electron chi connectivity index (χ4n) is 1.99. The smallest absolute Gasteiger partial charge is 0.253 e. The molecule has 19 heavy (non-hydrogen) atoms. The Morgan fingerprint density at radius 3 is 2.74 bits per heavy atom. The molecule has 102 valence electrons. The first-order valence-corrected chi connectivity index (χ1v) is 7.52. The Labute approximate surface area is 117 Å². The molecule has 0 aliphatic carbocycles. The van der Waals surface area contributed by atoms with Crippen LogP contribution in [0.25, 0.3) is 0 Å². The van der Waals surface area contributed by atoms with Crippen molar-refractivity contribution in [1.29, 1.82) is 0 Å². The number of nitrogens with one attached hydrogen (secondary N) is 1. The van der Waals surface area contributed by atoms with Crippen molar-refractivity contribution in [1.82, 2.24) is 10.2 Å². The first-order chi connectivity index (χ1) is 9.16. The first-order valence-electron chi connectivity index (χ1n) is 6.37. The molecule has 5 heteroatoms. The summed E-state index contributed by atoms with van der Waals surface area (Å²) in [5, 5.41) is 2.74. The van der Waals surface area contributed by atoms with Crippen molar-refractivity contribution in [2.24, 2.45) is 0 Å². The average molecular weight is 278 g/mol. The Morgan fingerprint density at radius 2 is 2.05 bits per heavy atom. The third-order valence-corrected chi connectivity index (χ3v) is 3.96. The number of carbonyl (C=O) groups is 2. The van der Waals surface area contributed by atoms with Gasteiger partial charge < -0.3 is 10.2 Å². The Kier molecular flexibility index (Phi) is 4.85.